The molecule has 114 valence electrons. The maximum Gasteiger partial charge on any atom is 0.416 e. The molecular formula is C14H15BrF3N3. The van der Waals surface area contributed by atoms with E-state index in [9.17, 15) is 13.2 Å². The van der Waals surface area contributed by atoms with Crippen molar-refractivity contribution in [1.82, 2.24) is 9.78 Å². The van der Waals surface area contributed by atoms with Crippen LogP contribution in [0.2, 0.25) is 0 Å². The van der Waals surface area contributed by atoms with Gasteiger partial charge < -0.3 is 5.32 Å². The molecule has 3 nitrogen and oxygen atoms in total. The molecule has 1 aromatic carbocycles. The van der Waals surface area contributed by atoms with Crippen molar-refractivity contribution >= 4 is 21.6 Å². The molecule has 0 saturated heterocycles. The van der Waals surface area contributed by atoms with E-state index in [0.29, 0.717) is 12.2 Å². The molecule has 0 aliphatic carbocycles. The lowest BCUT2D eigenvalue weighted by Crippen LogP contribution is -2.07. The van der Waals surface area contributed by atoms with Gasteiger partial charge in [-0.15, -0.1) is 0 Å². The highest BCUT2D eigenvalue weighted by Crippen LogP contribution is 2.30. The largest absolute Gasteiger partial charge is 0.416 e. The van der Waals surface area contributed by atoms with Crippen molar-refractivity contribution in [1.29, 1.82) is 0 Å². The highest BCUT2D eigenvalue weighted by Gasteiger charge is 2.29. The monoisotopic (exact) mass is 361 g/mol. The van der Waals surface area contributed by atoms with Crippen LogP contribution < -0.4 is 5.32 Å². The van der Waals surface area contributed by atoms with E-state index in [1.165, 1.54) is 12.1 Å². The Kier molecular flexibility index (Phi) is 4.61. The molecule has 0 aliphatic rings. The fraction of sp³-hybridized carbons (Fsp3) is 0.357. The number of hydrogen-bond donors (Lipinski definition) is 1. The van der Waals surface area contributed by atoms with Gasteiger partial charge in [0.15, 0.2) is 0 Å². The predicted molar refractivity (Wildman–Crippen MR) is 79.1 cm³/mol. The zero-order valence-electron chi connectivity index (χ0n) is 11.6. The molecule has 1 aromatic heterocycles. The smallest absolute Gasteiger partial charge is 0.379 e. The van der Waals surface area contributed by atoms with Crippen molar-refractivity contribution in [3.05, 3.63) is 45.7 Å². The number of anilines is 1. The maximum atomic E-state index is 12.5. The number of hydrogen-bond acceptors (Lipinski definition) is 2. The lowest BCUT2D eigenvalue weighted by Gasteiger charge is -2.10. The van der Waals surface area contributed by atoms with Crippen LogP contribution in [0.1, 0.15) is 23.9 Å². The Hall–Kier alpha value is -1.50. The van der Waals surface area contributed by atoms with Crippen LogP contribution in [0.3, 0.4) is 0 Å². The minimum Gasteiger partial charge on any atom is -0.379 e. The molecule has 0 radical (unpaired) electrons. The fourth-order valence-electron chi connectivity index (χ4n) is 1.97. The minimum atomic E-state index is -4.31. The SMILES string of the molecule is CCc1nn(C)c(CNc2ccc(C(F)(F)F)cc2)c1Br. The van der Waals surface area contributed by atoms with E-state index < -0.39 is 11.7 Å². The Bertz CT molecular complexity index is 618. The van der Waals surface area contributed by atoms with E-state index in [1.807, 2.05) is 14.0 Å². The molecule has 1 N–H and O–H groups in total. The van der Waals surface area contributed by atoms with Crippen molar-refractivity contribution in [3.63, 3.8) is 0 Å². The summed E-state index contributed by atoms with van der Waals surface area (Å²) in [5.74, 6) is 0. The third-order valence-electron chi connectivity index (χ3n) is 3.18. The molecule has 0 saturated carbocycles. The Morgan fingerprint density at radius 1 is 1.24 bits per heavy atom. The molecule has 1 heterocycles. The Balaban J connectivity index is 2.08. The number of benzene rings is 1. The van der Waals surface area contributed by atoms with Crippen molar-refractivity contribution in [3.8, 4) is 0 Å². The van der Waals surface area contributed by atoms with Crippen LogP contribution in [0.25, 0.3) is 0 Å². The number of nitrogens with one attached hydrogen (secondary N) is 1. The molecule has 0 amide bonds. The first-order valence-corrected chi connectivity index (χ1v) is 7.23. The average Bonchev–Trinajstić information content (AvgIpc) is 2.70. The first kappa shape index (κ1) is 15.9. The normalized spacial score (nSPS) is 11.7. The van der Waals surface area contributed by atoms with Gasteiger partial charge in [-0.3, -0.25) is 4.68 Å². The van der Waals surface area contributed by atoms with Gasteiger partial charge in [0, 0.05) is 12.7 Å². The van der Waals surface area contributed by atoms with Crippen LogP contribution in [-0.4, -0.2) is 9.78 Å². The third kappa shape index (κ3) is 3.58. The topological polar surface area (TPSA) is 29.9 Å². The summed E-state index contributed by atoms with van der Waals surface area (Å²) in [5, 5.41) is 7.47. The van der Waals surface area contributed by atoms with E-state index >= 15 is 0 Å². The summed E-state index contributed by atoms with van der Waals surface area (Å²) >= 11 is 3.50. The number of alkyl halides is 3. The summed E-state index contributed by atoms with van der Waals surface area (Å²) in [5.41, 5.74) is 1.89. The molecule has 2 aromatic rings. The number of aryl methyl sites for hydroxylation is 2. The van der Waals surface area contributed by atoms with Crippen LogP contribution in [0.4, 0.5) is 18.9 Å². The van der Waals surface area contributed by atoms with E-state index in [0.717, 1.165) is 34.4 Å². The van der Waals surface area contributed by atoms with Gasteiger partial charge in [0.1, 0.15) is 0 Å². The Morgan fingerprint density at radius 3 is 2.33 bits per heavy atom. The zero-order chi connectivity index (χ0) is 15.6. The average molecular weight is 362 g/mol. The first-order valence-electron chi connectivity index (χ1n) is 6.44. The summed E-state index contributed by atoms with van der Waals surface area (Å²) in [4.78, 5) is 0. The molecular weight excluding hydrogens is 347 g/mol. The molecule has 0 fully saturated rings. The third-order valence-corrected chi connectivity index (χ3v) is 4.09. The second kappa shape index (κ2) is 6.09. The lowest BCUT2D eigenvalue weighted by atomic mass is 10.2. The van der Waals surface area contributed by atoms with E-state index in [2.05, 4.69) is 26.3 Å². The minimum absolute atomic E-state index is 0.482. The zero-order valence-corrected chi connectivity index (χ0v) is 13.2. The molecule has 0 atom stereocenters. The molecule has 2 rings (SSSR count). The summed E-state index contributed by atoms with van der Waals surface area (Å²) in [7, 11) is 1.84. The number of aromatic nitrogens is 2. The van der Waals surface area contributed by atoms with E-state index in [1.54, 1.807) is 4.68 Å². The number of nitrogens with zero attached hydrogens (tertiary/aromatic N) is 2. The summed E-state index contributed by atoms with van der Waals surface area (Å²) < 4.78 is 40.1. The van der Waals surface area contributed by atoms with E-state index in [4.69, 9.17) is 0 Å². The highest BCUT2D eigenvalue weighted by molar-refractivity contribution is 9.10. The second-order valence-corrected chi connectivity index (χ2v) is 5.41. The quantitative estimate of drug-likeness (QED) is 0.875. The van der Waals surface area contributed by atoms with Gasteiger partial charge in [-0.05, 0) is 46.6 Å². The van der Waals surface area contributed by atoms with Gasteiger partial charge in [0.2, 0.25) is 0 Å². The molecule has 21 heavy (non-hydrogen) atoms. The lowest BCUT2D eigenvalue weighted by molar-refractivity contribution is -0.137. The van der Waals surface area contributed by atoms with Crippen LogP contribution >= 0.6 is 15.9 Å². The molecule has 0 bridgehead atoms. The van der Waals surface area contributed by atoms with Gasteiger partial charge in [-0.25, -0.2) is 0 Å². The predicted octanol–water partition coefficient (Wildman–Crippen LogP) is 4.38. The van der Waals surface area contributed by atoms with Crippen molar-refractivity contribution < 1.29 is 13.2 Å². The molecule has 0 spiro atoms. The van der Waals surface area contributed by atoms with Crippen LogP contribution in [0.15, 0.2) is 28.7 Å². The number of halogens is 4. The standard InChI is InChI=1S/C14H15BrF3N3/c1-3-11-13(15)12(21(2)20-11)8-19-10-6-4-9(5-7-10)14(16,17)18/h4-7,19H,3,8H2,1-2H3. The van der Waals surface area contributed by atoms with Crippen LogP contribution in [0.5, 0.6) is 0 Å². The number of rotatable bonds is 4. The van der Waals surface area contributed by atoms with Gasteiger partial charge in [-0.2, -0.15) is 18.3 Å². The van der Waals surface area contributed by atoms with Crippen LogP contribution in [-0.2, 0) is 26.2 Å². The van der Waals surface area contributed by atoms with Crippen molar-refractivity contribution in [2.75, 3.05) is 5.32 Å². The van der Waals surface area contributed by atoms with Crippen LogP contribution in [0, 0.1) is 0 Å². The van der Waals surface area contributed by atoms with Gasteiger partial charge in [-0.1, -0.05) is 6.92 Å². The Labute approximate surface area is 129 Å². The van der Waals surface area contributed by atoms with Gasteiger partial charge in [0.25, 0.3) is 0 Å². The van der Waals surface area contributed by atoms with Crippen molar-refractivity contribution in [2.24, 2.45) is 7.05 Å². The Morgan fingerprint density at radius 2 is 1.86 bits per heavy atom. The molecule has 0 unspecified atom stereocenters. The summed E-state index contributed by atoms with van der Waals surface area (Å²) in [6, 6.07) is 4.98. The molecule has 7 heteroatoms. The maximum absolute atomic E-state index is 12.5. The van der Waals surface area contributed by atoms with Crippen molar-refractivity contribution in [2.45, 2.75) is 26.1 Å². The van der Waals surface area contributed by atoms with E-state index in [-0.39, 0.29) is 0 Å². The fourth-order valence-corrected chi connectivity index (χ4v) is 2.73. The second-order valence-electron chi connectivity index (χ2n) is 4.61. The first-order chi connectivity index (χ1) is 9.82. The van der Waals surface area contributed by atoms with Gasteiger partial charge >= 0.3 is 6.18 Å². The summed E-state index contributed by atoms with van der Waals surface area (Å²) in [6.45, 7) is 2.50. The van der Waals surface area contributed by atoms with Gasteiger partial charge in [0.05, 0.1) is 28.0 Å². The highest BCUT2D eigenvalue weighted by atomic mass is 79.9. The molecule has 0 aliphatic heterocycles. The summed E-state index contributed by atoms with van der Waals surface area (Å²) in [6.07, 6.45) is -3.49.